The molecule has 1 amide bonds. The van der Waals surface area contributed by atoms with Crippen LogP contribution in [0.3, 0.4) is 0 Å². The second-order valence-electron chi connectivity index (χ2n) is 7.58. The molecule has 1 fully saturated rings. The van der Waals surface area contributed by atoms with Gasteiger partial charge in [-0.1, -0.05) is 29.3 Å². The Morgan fingerprint density at radius 3 is 2.78 bits per heavy atom. The second-order valence-corrected chi connectivity index (χ2v) is 8.42. The molecule has 0 radical (unpaired) electrons. The van der Waals surface area contributed by atoms with E-state index >= 15 is 0 Å². The van der Waals surface area contributed by atoms with Gasteiger partial charge in [0, 0.05) is 35.1 Å². The number of carbonyl (C=O) groups excluding carboxylic acids is 1. The Hall–Kier alpha value is -3.24. The SMILES string of the molecule is O=C(Nc1ccnn1Cc1ccc(Cl)cc1Cl)C1CCN(c2ccc3nnnn3n2)CC1. The summed E-state index contributed by atoms with van der Waals surface area (Å²) in [4.78, 5) is 15.0. The minimum absolute atomic E-state index is 0.0162. The molecule has 10 nitrogen and oxygen atoms in total. The van der Waals surface area contributed by atoms with E-state index < -0.39 is 0 Å². The quantitative estimate of drug-likeness (QED) is 0.476. The average Bonchev–Trinajstić information content (AvgIpc) is 3.44. The number of carbonyl (C=O) groups is 1. The van der Waals surface area contributed by atoms with E-state index in [9.17, 15) is 4.79 Å². The van der Waals surface area contributed by atoms with Crippen molar-refractivity contribution in [2.45, 2.75) is 19.4 Å². The Morgan fingerprint density at radius 2 is 1.97 bits per heavy atom. The zero-order valence-corrected chi connectivity index (χ0v) is 18.4. The first-order valence-electron chi connectivity index (χ1n) is 10.1. The molecule has 1 aliphatic rings. The highest BCUT2D eigenvalue weighted by atomic mass is 35.5. The van der Waals surface area contributed by atoms with Gasteiger partial charge in [-0.2, -0.15) is 5.10 Å². The molecule has 5 rings (SSSR count). The number of benzene rings is 1. The predicted molar refractivity (Wildman–Crippen MR) is 120 cm³/mol. The van der Waals surface area contributed by atoms with Crippen molar-refractivity contribution in [1.82, 2.24) is 35.0 Å². The van der Waals surface area contributed by atoms with Gasteiger partial charge in [0.15, 0.2) is 11.5 Å². The van der Waals surface area contributed by atoms with Gasteiger partial charge in [-0.25, -0.2) is 4.68 Å². The predicted octanol–water partition coefficient (Wildman–Crippen LogP) is 2.93. The number of piperidine rings is 1. The summed E-state index contributed by atoms with van der Waals surface area (Å²) in [6.07, 6.45) is 3.10. The Bertz CT molecular complexity index is 1260. The molecule has 1 aliphatic heterocycles. The third-order valence-corrected chi connectivity index (χ3v) is 6.14. The highest BCUT2D eigenvalue weighted by Crippen LogP contribution is 2.25. The van der Waals surface area contributed by atoms with Gasteiger partial charge in [0.1, 0.15) is 5.82 Å². The molecule has 32 heavy (non-hydrogen) atoms. The van der Waals surface area contributed by atoms with Crippen molar-refractivity contribution in [3.8, 4) is 0 Å². The van der Waals surface area contributed by atoms with Crippen LogP contribution in [0.4, 0.5) is 11.6 Å². The molecule has 0 unspecified atom stereocenters. The van der Waals surface area contributed by atoms with E-state index in [-0.39, 0.29) is 11.8 Å². The molecular formula is C20H19Cl2N9O. The summed E-state index contributed by atoms with van der Waals surface area (Å²) in [6.45, 7) is 1.87. The summed E-state index contributed by atoms with van der Waals surface area (Å²) in [6, 6.07) is 10.8. The van der Waals surface area contributed by atoms with Crippen LogP contribution in [0, 0.1) is 5.92 Å². The van der Waals surface area contributed by atoms with Crippen LogP contribution < -0.4 is 10.2 Å². The number of fused-ring (bicyclic) bond motifs is 1. The average molecular weight is 472 g/mol. The van der Waals surface area contributed by atoms with Crippen LogP contribution in [-0.4, -0.2) is 54.0 Å². The molecule has 12 heteroatoms. The van der Waals surface area contributed by atoms with Crippen LogP contribution in [0.25, 0.3) is 5.65 Å². The number of hydrogen-bond acceptors (Lipinski definition) is 7. The lowest BCUT2D eigenvalue weighted by molar-refractivity contribution is -0.120. The van der Waals surface area contributed by atoms with Gasteiger partial charge in [-0.05, 0) is 53.1 Å². The van der Waals surface area contributed by atoms with E-state index in [1.165, 1.54) is 4.63 Å². The van der Waals surface area contributed by atoms with Gasteiger partial charge in [-0.3, -0.25) is 4.79 Å². The number of aromatic nitrogens is 7. The van der Waals surface area contributed by atoms with Crippen molar-refractivity contribution in [3.05, 3.63) is 58.2 Å². The molecule has 4 aromatic rings. The summed E-state index contributed by atoms with van der Waals surface area (Å²) < 4.78 is 3.12. The normalized spacial score (nSPS) is 14.8. The molecule has 1 saturated heterocycles. The first-order valence-corrected chi connectivity index (χ1v) is 10.9. The number of nitrogens with one attached hydrogen (secondary N) is 1. The Morgan fingerprint density at radius 1 is 1.12 bits per heavy atom. The van der Waals surface area contributed by atoms with E-state index in [1.807, 2.05) is 18.2 Å². The largest absolute Gasteiger partial charge is 0.355 e. The number of anilines is 2. The van der Waals surface area contributed by atoms with Gasteiger partial charge in [0.2, 0.25) is 5.91 Å². The smallest absolute Gasteiger partial charge is 0.228 e. The number of rotatable bonds is 5. The molecule has 0 bridgehead atoms. The summed E-state index contributed by atoms with van der Waals surface area (Å²) in [5.41, 5.74) is 1.47. The third-order valence-electron chi connectivity index (χ3n) is 5.55. The number of nitrogens with zero attached hydrogens (tertiary/aromatic N) is 8. The molecular weight excluding hydrogens is 453 g/mol. The maximum Gasteiger partial charge on any atom is 0.228 e. The van der Waals surface area contributed by atoms with Crippen LogP contribution in [0.15, 0.2) is 42.6 Å². The summed E-state index contributed by atoms with van der Waals surface area (Å²) >= 11 is 12.3. The maximum atomic E-state index is 12.9. The van der Waals surface area contributed by atoms with Gasteiger partial charge in [-0.15, -0.1) is 14.8 Å². The second kappa shape index (κ2) is 8.71. The molecule has 4 heterocycles. The molecule has 1 aromatic carbocycles. The topological polar surface area (TPSA) is 106 Å². The molecule has 1 N–H and O–H groups in total. The zero-order valence-electron chi connectivity index (χ0n) is 16.9. The molecule has 3 aromatic heterocycles. The van der Waals surface area contributed by atoms with E-state index in [1.54, 1.807) is 29.1 Å². The summed E-state index contributed by atoms with van der Waals surface area (Å²) in [5.74, 6) is 1.32. The van der Waals surface area contributed by atoms with Crippen molar-refractivity contribution in [2.75, 3.05) is 23.3 Å². The van der Waals surface area contributed by atoms with Crippen molar-refractivity contribution in [2.24, 2.45) is 5.92 Å². The van der Waals surface area contributed by atoms with Gasteiger partial charge < -0.3 is 10.2 Å². The lowest BCUT2D eigenvalue weighted by Gasteiger charge is -2.31. The summed E-state index contributed by atoms with van der Waals surface area (Å²) in [5, 5.41) is 24.2. The maximum absolute atomic E-state index is 12.9. The molecule has 0 atom stereocenters. The minimum atomic E-state index is -0.0921. The third kappa shape index (κ3) is 4.23. The highest BCUT2D eigenvalue weighted by molar-refractivity contribution is 6.35. The standard InChI is InChI=1S/C20H19Cl2N9O/c21-15-2-1-14(16(22)11-15)12-30-17(5-8-23-30)24-20(32)13-6-9-29(10-7-13)19-4-3-18-25-27-28-31(18)26-19/h1-5,8,11,13H,6-7,9-10,12H2,(H,24,32). The van der Waals surface area contributed by atoms with Gasteiger partial charge >= 0.3 is 0 Å². The van der Waals surface area contributed by atoms with Crippen LogP contribution >= 0.6 is 23.2 Å². The fourth-order valence-electron chi connectivity index (χ4n) is 3.78. The fourth-order valence-corrected chi connectivity index (χ4v) is 4.25. The lowest BCUT2D eigenvalue weighted by Crippen LogP contribution is -2.39. The number of halogens is 2. The van der Waals surface area contributed by atoms with Crippen LogP contribution in [0.2, 0.25) is 10.0 Å². The van der Waals surface area contributed by atoms with Gasteiger partial charge in [0.05, 0.1) is 12.7 Å². The Balaban J connectivity index is 1.21. The molecule has 164 valence electrons. The van der Waals surface area contributed by atoms with Gasteiger partial charge in [0.25, 0.3) is 0 Å². The first kappa shape index (κ1) is 20.7. The van der Waals surface area contributed by atoms with Crippen molar-refractivity contribution >= 4 is 46.4 Å². The number of tetrazole rings is 1. The molecule has 0 saturated carbocycles. The van der Waals surface area contributed by atoms with Crippen molar-refractivity contribution < 1.29 is 4.79 Å². The number of amides is 1. The van der Waals surface area contributed by atoms with E-state index in [2.05, 4.69) is 35.9 Å². The fraction of sp³-hybridized carbons (Fsp3) is 0.300. The van der Waals surface area contributed by atoms with Crippen molar-refractivity contribution in [3.63, 3.8) is 0 Å². The van der Waals surface area contributed by atoms with Crippen LogP contribution in [-0.2, 0) is 11.3 Å². The lowest BCUT2D eigenvalue weighted by atomic mass is 9.96. The minimum Gasteiger partial charge on any atom is -0.355 e. The number of hydrogen-bond donors (Lipinski definition) is 1. The van der Waals surface area contributed by atoms with Crippen LogP contribution in [0.5, 0.6) is 0 Å². The van der Waals surface area contributed by atoms with E-state index in [0.717, 1.165) is 37.3 Å². The monoisotopic (exact) mass is 471 g/mol. The first-order chi connectivity index (χ1) is 15.6. The summed E-state index contributed by atoms with van der Waals surface area (Å²) in [7, 11) is 0. The van der Waals surface area contributed by atoms with E-state index in [0.29, 0.717) is 28.1 Å². The Kier molecular flexibility index (Phi) is 5.62. The van der Waals surface area contributed by atoms with Crippen molar-refractivity contribution in [1.29, 1.82) is 0 Å². The van der Waals surface area contributed by atoms with E-state index in [4.69, 9.17) is 23.2 Å². The zero-order chi connectivity index (χ0) is 22.1. The Labute approximate surface area is 193 Å². The highest BCUT2D eigenvalue weighted by Gasteiger charge is 2.26. The molecule has 0 aliphatic carbocycles. The van der Waals surface area contributed by atoms with Crippen LogP contribution in [0.1, 0.15) is 18.4 Å². The molecule has 0 spiro atoms.